The van der Waals surface area contributed by atoms with Gasteiger partial charge in [0.1, 0.15) is 11.6 Å². The highest BCUT2D eigenvalue weighted by atomic mass is 19.1. The molecule has 0 saturated heterocycles. The van der Waals surface area contributed by atoms with E-state index in [1.54, 1.807) is 19.9 Å². The summed E-state index contributed by atoms with van der Waals surface area (Å²) in [6.07, 6.45) is 0. The van der Waals surface area contributed by atoms with Crippen LogP contribution in [-0.4, -0.2) is 4.92 Å². The first-order valence-corrected chi connectivity index (χ1v) is 6.26. The first-order chi connectivity index (χ1) is 9.79. The third-order valence-electron chi connectivity index (χ3n) is 3.46. The highest BCUT2D eigenvalue weighted by Gasteiger charge is 2.19. The molecule has 0 aromatic heterocycles. The number of rotatable bonds is 3. The number of nitrogens with two attached hydrogens (primary N) is 1. The molecule has 6 heteroatoms. The molecule has 2 N–H and O–H groups in total. The third-order valence-corrected chi connectivity index (χ3v) is 3.46. The van der Waals surface area contributed by atoms with E-state index in [0.717, 1.165) is 18.2 Å². The molecule has 2 aromatic carbocycles. The largest absolute Gasteiger partial charge is 0.320 e. The second-order valence-corrected chi connectivity index (χ2v) is 4.92. The Kier molecular flexibility index (Phi) is 3.99. The number of nitrogens with zero attached hydrogens (tertiary/aromatic N) is 1. The van der Waals surface area contributed by atoms with Gasteiger partial charge in [-0.15, -0.1) is 0 Å². The normalized spacial score (nSPS) is 12.2. The van der Waals surface area contributed by atoms with E-state index >= 15 is 0 Å². The number of hydrogen-bond acceptors (Lipinski definition) is 3. The summed E-state index contributed by atoms with van der Waals surface area (Å²) in [7, 11) is 0. The highest BCUT2D eigenvalue weighted by Crippen LogP contribution is 2.29. The lowest BCUT2D eigenvalue weighted by molar-refractivity contribution is -0.385. The van der Waals surface area contributed by atoms with Crippen molar-refractivity contribution < 1.29 is 13.7 Å². The van der Waals surface area contributed by atoms with Crippen LogP contribution in [0.2, 0.25) is 0 Å². The molecular weight excluding hydrogens is 278 g/mol. The SMILES string of the molecule is Cc1cc(C(N)c2cc(F)cc(F)c2)cc([N+](=O)[O-])c1C. The Balaban J connectivity index is 2.53. The molecule has 1 unspecified atom stereocenters. The lowest BCUT2D eigenvalue weighted by atomic mass is 9.95. The zero-order valence-electron chi connectivity index (χ0n) is 11.6. The fraction of sp³-hybridized carbons (Fsp3) is 0.200. The summed E-state index contributed by atoms with van der Waals surface area (Å²) in [4.78, 5) is 10.5. The minimum atomic E-state index is -0.840. The first kappa shape index (κ1) is 15.1. The molecule has 0 spiro atoms. The Morgan fingerprint density at radius 1 is 1.05 bits per heavy atom. The maximum Gasteiger partial charge on any atom is 0.272 e. The minimum absolute atomic E-state index is 0.0580. The molecular formula is C15H14F2N2O2. The van der Waals surface area contributed by atoms with Crippen molar-refractivity contribution in [3.05, 3.63) is 74.3 Å². The van der Waals surface area contributed by atoms with Gasteiger partial charge >= 0.3 is 0 Å². The van der Waals surface area contributed by atoms with Crippen LogP contribution >= 0.6 is 0 Å². The molecule has 0 heterocycles. The molecule has 110 valence electrons. The Morgan fingerprint density at radius 3 is 2.10 bits per heavy atom. The van der Waals surface area contributed by atoms with Crippen molar-refractivity contribution in [3.63, 3.8) is 0 Å². The first-order valence-electron chi connectivity index (χ1n) is 6.26. The predicted molar refractivity (Wildman–Crippen MR) is 75.0 cm³/mol. The number of nitro groups is 1. The van der Waals surface area contributed by atoms with E-state index in [1.807, 2.05) is 0 Å². The van der Waals surface area contributed by atoms with Crippen LogP contribution in [0.4, 0.5) is 14.5 Å². The molecule has 4 nitrogen and oxygen atoms in total. The zero-order chi connectivity index (χ0) is 15.7. The van der Waals surface area contributed by atoms with Crippen molar-refractivity contribution in [2.75, 3.05) is 0 Å². The van der Waals surface area contributed by atoms with Crippen LogP contribution in [0.15, 0.2) is 30.3 Å². The average molecular weight is 292 g/mol. The van der Waals surface area contributed by atoms with E-state index in [9.17, 15) is 18.9 Å². The molecule has 2 aromatic rings. The van der Waals surface area contributed by atoms with E-state index in [1.165, 1.54) is 6.07 Å². The highest BCUT2D eigenvalue weighted by molar-refractivity contribution is 5.49. The number of nitro benzene ring substituents is 1. The van der Waals surface area contributed by atoms with Crippen LogP contribution in [-0.2, 0) is 0 Å². The van der Waals surface area contributed by atoms with Crippen LogP contribution in [0, 0.1) is 35.6 Å². The molecule has 1 atom stereocenters. The molecule has 21 heavy (non-hydrogen) atoms. The van der Waals surface area contributed by atoms with E-state index < -0.39 is 22.6 Å². The summed E-state index contributed by atoms with van der Waals surface area (Å²) in [6, 6.07) is 5.18. The van der Waals surface area contributed by atoms with Crippen molar-refractivity contribution >= 4 is 5.69 Å². The Morgan fingerprint density at radius 2 is 1.57 bits per heavy atom. The number of halogens is 2. The van der Waals surface area contributed by atoms with E-state index in [4.69, 9.17) is 5.73 Å². The molecule has 0 amide bonds. The van der Waals surface area contributed by atoms with Crippen molar-refractivity contribution in [3.8, 4) is 0 Å². The molecule has 0 radical (unpaired) electrons. The lowest BCUT2D eigenvalue weighted by Crippen LogP contribution is -2.13. The maximum absolute atomic E-state index is 13.3. The van der Waals surface area contributed by atoms with E-state index in [2.05, 4.69) is 0 Å². The number of aryl methyl sites for hydroxylation is 1. The van der Waals surface area contributed by atoms with Gasteiger partial charge < -0.3 is 5.73 Å². The van der Waals surface area contributed by atoms with Crippen LogP contribution < -0.4 is 5.73 Å². The lowest BCUT2D eigenvalue weighted by Gasteiger charge is -2.15. The van der Waals surface area contributed by atoms with E-state index in [0.29, 0.717) is 16.7 Å². The van der Waals surface area contributed by atoms with Gasteiger partial charge in [0.05, 0.1) is 11.0 Å². The fourth-order valence-corrected chi connectivity index (χ4v) is 2.18. The molecule has 0 bridgehead atoms. The molecule has 0 aliphatic heterocycles. The molecule has 0 fully saturated rings. The zero-order valence-corrected chi connectivity index (χ0v) is 11.6. The third kappa shape index (κ3) is 3.05. The summed E-state index contributed by atoms with van der Waals surface area (Å²) in [5.74, 6) is -1.47. The summed E-state index contributed by atoms with van der Waals surface area (Å²) >= 11 is 0. The van der Waals surface area contributed by atoms with Crippen molar-refractivity contribution in [2.24, 2.45) is 5.73 Å². The monoisotopic (exact) mass is 292 g/mol. The average Bonchev–Trinajstić information content (AvgIpc) is 2.39. The van der Waals surface area contributed by atoms with Crippen LogP contribution in [0.3, 0.4) is 0 Å². The molecule has 0 saturated carbocycles. The number of benzene rings is 2. The Bertz CT molecular complexity index is 697. The van der Waals surface area contributed by atoms with Crippen molar-refractivity contribution in [1.82, 2.24) is 0 Å². The second-order valence-electron chi connectivity index (χ2n) is 4.92. The maximum atomic E-state index is 13.3. The standard InChI is InChI=1S/C15H14F2N2O2/c1-8-3-10(6-14(9(8)2)19(20)21)15(18)11-4-12(16)7-13(17)5-11/h3-7,15H,18H2,1-2H3. The van der Waals surface area contributed by atoms with Gasteiger partial charge in [-0.2, -0.15) is 0 Å². The number of hydrogen-bond donors (Lipinski definition) is 1. The summed E-state index contributed by atoms with van der Waals surface area (Å²) in [5.41, 5.74) is 7.84. The van der Waals surface area contributed by atoms with Gasteiger partial charge in [0.15, 0.2) is 0 Å². The minimum Gasteiger partial charge on any atom is -0.320 e. The fourth-order valence-electron chi connectivity index (χ4n) is 2.18. The van der Waals surface area contributed by atoms with Gasteiger partial charge in [0.2, 0.25) is 0 Å². The van der Waals surface area contributed by atoms with Gasteiger partial charge in [-0.1, -0.05) is 6.07 Å². The van der Waals surface area contributed by atoms with Crippen molar-refractivity contribution in [2.45, 2.75) is 19.9 Å². The van der Waals surface area contributed by atoms with Crippen molar-refractivity contribution in [1.29, 1.82) is 0 Å². The van der Waals surface area contributed by atoms with Crippen LogP contribution in [0.25, 0.3) is 0 Å². The predicted octanol–water partition coefficient (Wildman–Crippen LogP) is 3.54. The van der Waals surface area contributed by atoms with Crippen LogP contribution in [0.1, 0.15) is 28.3 Å². The summed E-state index contributed by atoms with van der Waals surface area (Å²) in [5, 5.41) is 11.0. The Hall–Kier alpha value is -2.34. The van der Waals surface area contributed by atoms with Gasteiger partial charge in [-0.05, 0) is 42.7 Å². The molecule has 0 aliphatic carbocycles. The van der Waals surface area contributed by atoms with Crippen LogP contribution in [0.5, 0.6) is 0 Å². The molecule has 2 rings (SSSR count). The summed E-state index contributed by atoms with van der Waals surface area (Å²) in [6.45, 7) is 3.37. The smallest absolute Gasteiger partial charge is 0.272 e. The summed E-state index contributed by atoms with van der Waals surface area (Å²) < 4.78 is 26.5. The second kappa shape index (κ2) is 5.57. The topological polar surface area (TPSA) is 69.2 Å². The Labute approximate surface area is 120 Å². The van der Waals surface area contributed by atoms with Gasteiger partial charge in [0, 0.05) is 17.7 Å². The van der Waals surface area contributed by atoms with Gasteiger partial charge in [0.25, 0.3) is 5.69 Å². The van der Waals surface area contributed by atoms with E-state index in [-0.39, 0.29) is 11.3 Å². The van der Waals surface area contributed by atoms with Gasteiger partial charge in [-0.25, -0.2) is 8.78 Å². The quantitative estimate of drug-likeness (QED) is 0.695. The van der Waals surface area contributed by atoms with Gasteiger partial charge in [-0.3, -0.25) is 10.1 Å². The molecule has 0 aliphatic rings.